The van der Waals surface area contributed by atoms with Crippen LogP contribution in [0.5, 0.6) is 0 Å². The predicted octanol–water partition coefficient (Wildman–Crippen LogP) is 1.42. The van der Waals surface area contributed by atoms with Crippen LogP contribution in [0, 0.1) is 11.7 Å². The van der Waals surface area contributed by atoms with Gasteiger partial charge in [0.15, 0.2) is 10.4 Å². The van der Waals surface area contributed by atoms with E-state index in [0.717, 1.165) is 23.4 Å². The van der Waals surface area contributed by atoms with E-state index in [4.69, 9.17) is 12.2 Å². The van der Waals surface area contributed by atoms with E-state index in [2.05, 4.69) is 17.0 Å². The van der Waals surface area contributed by atoms with Crippen LogP contribution in [0.3, 0.4) is 0 Å². The Morgan fingerprint density at radius 3 is 2.67 bits per heavy atom. The largest absolute Gasteiger partial charge is 0.326 e. The van der Waals surface area contributed by atoms with Crippen molar-refractivity contribution in [3.05, 3.63) is 10.5 Å². The molecule has 0 spiro atoms. The molecule has 0 fully saturated rings. The summed E-state index contributed by atoms with van der Waals surface area (Å²) in [7, 11) is 3.93. The number of nitrogens with zero attached hydrogens (tertiary/aromatic N) is 4. The third-order valence-corrected chi connectivity index (χ3v) is 2.70. The van der Waals surface area contributed by atoms with Crippen molar-refractivity contribution in [2.24, 2.45) is 0 Å². The summed E-state index contributed by atoms with van der Waals surface area (Å²) in [5.74, 6) is 0. The Bertz CT molecular complexity index is 545. The molecule has 82 valence electrons. The number of nitrogens with one attached hydrogen (secondary N) is 1. The smallest absolute Gasteiger partial charge is 0.198 e. The summed E-state index contributed by atoms with van der Waals surface area (Å²) in [5, 5.41) is 6.40. The van der Waals surface area contributed by atoms with E-state index >= 15 is 0 Å². The summed E-state index contributed by atoms with van der Waals surface area (Å²) in [4.78, 5) is 3.18. The fourth-order valence-electron chi connectivity index (χ4n) is 1.78. The Balaban J connectivity index is 2.89. The number of H-pyrrole nitrogens is 1. The van der Waals surface area contributed by atoms with Gasteiger partial charge in [-0.05, 0) is 26.1 Å². The fraction of sp³-hybridized carbons (Fsp3) is 0.556. The first-order valence-corrected chi connectivity index (χ1v) is 5.32. The monoisotopic (exact) mass is 225 g/mol. The second-order valence-corrected chi connectivity index (χ2v) is 4.08. The Kier molecular flexibility index (Phi) is 2.30. The quantitative estimate of drug-likeness (QED) is 0.786. The average molecular weight is 225 g/mol. The zero-order valence-corrected chi connectivity index (χ0v) is 10.2. The molecule has 2 aromatic heterocycles. The molecule has 1 N–H and O–H groups in total. The van der Waals surface area contributed by atoms with Gasteiger partial charge in [-0.25, -0.2) is 9.36 Å². The van der Waals surface area contributed by atoms with Gasteiger partial charge in [-0.15, -0.1) is 0 Å². The lowest BCUT2D eigenvalue weighted by Crippen LogP contribution is -2.26. The molecule has 0 bridgehead atoms. The number of imidazole rings is 1. The number of aromatic amines is 1. The van der Waals surface area contributed by atoms with Gasteiger partial charge in [0, 0.05) is 20.6 Å². The first-order chi connectivity index (χ1) is 7.06. The van der Waals surface area contributed by atoms with E-state index in [1.54, 1.807) is 0 Å². The van der Waals surface area contributed by atoms with Crippen molar-refractivity contribution in [1.82, 2.24) is 19.4 Å². The normalized spacial score (nSPS) is 11.2. The van der Waals surface area contributed by atoms with E-state index in [1.807, 2.05) is 35.4 Å². The summed E-state index contributed by atoms with van der Waals surface area (Å²) in [5.41, 5.74) is 3.04. The van der Waals surface area contributed by atoms with Crippen LogP contribution in [0.2, 0.25) is 0 Å². The maximum Gasteiger partial charge on any atom is 0.198 e. The van der Waals surface area contributed by atoms with E-state index in [1.165, 1.54) is 0 Å². The van der Waals surface area contributed by atoms with Gasteiger partial charge in [0.1, 0.15) is 5.52 Å². The fourth-order valence-corrected chi connectivity index (χ4v) is 2.13. The van der Waals surface area contributed by atoms with Crippen LogP contribution < -0.4 is 5.01 Å². The molecule has 5 nitrogen and oxygen atoms in total. The lowest BCUT2D eigenvalue weighted by Gasteiger charge is -2.14. The molecular weight excluding hydrogens is 210 g/mol. The SMILES string of the molecule is CCn1nc(C)c2[nH]c(=S)n(N(C)C)c21. The zero-order chi connectivity index (χ0) is 11.2. The Morgan fingerprint density at radius 1 is 1.47 bits per heavy atom. The second kappa shape index (κ2) is 3.37. The third kappa shape index (κ3) is 1.36. The molecule has 0 saturated carbocycles. The van der Waals surface area contributed by atoms with Crippen molar-refractivity contribution in [2.45, 2.75) is 20.4 Å². The van der Waals surface area contributed by atoms with Gasteiger partial charge in [-0.1, -0.05) is 0 Å². The maximum absolute atomic E-state index is 5.27. The van der Waals surface area contributed by atoms with Crippen LogP contribution in [-0.4, -0.2) is 33.5 Å². The Morgan fingerprint density at radius 2 is 2.13 bits per heavy atom. The number of aromatic nitrogens is 4. The molecule has 0 amide bonds. The van der Waals surface area contributed by atoms with Crippen molar-refractivity contribution in [2.75, 3.05) is 19.1 Å². The van der Waals surface area contributed by atoms with Gasteiger partial charge in [0.05, 0.1) is 5.69 Å². The van der Waals surface area contributed by atoms with Gasteiger partial charge in [0.25, 0.3) is 0 Å². The highest BCUT2D eigenvalue weighted by Gasteiger charge is 2.14. The molecule has 0 aliphatic carbocycles. The highest BCUT2D eigenvalue weighted by atomic mass is 32.1. The molecule has 15 heavy (non-hydrogen) atoms. The second-order valence-electron chi connectivity index (χ2n) is 3.69. The van der Waals surface area contributed by atoms with Crippen molar-refractivity contribution in [3.63, 3.8) is 0 Å². The summed E-state index contributed by atoms with van der Waals surface area (Å²) < 4.78 is 4.61. The summed E-state index contributed by atoms with van der Waals surface area (Å²) in [6.45, 7) is 4.90. The molecule has 0 radical (unpaired) electrons. The maximum atomic E-state index is 5.27. The molecule has 0 aliphatic heterocycles. The van der Waals surface area contributed by atoms with Gasteiger partial charge in [-0.2, -0.15) is 5.10 Å². The van der Waals surface area contributed by atoms with E-state index in [9.17, 15) is 0 Å². The molecule has 0 atom stereocenters. The number of fused-ring (bicyclic) bond motifs is 1. The lowest BCUT2D eigenvalue weighted by atomic mass is 10.4. The van der Waals surface area contributed by atoms with Crippen molar-refractivity contribution in [1.29, 1.82) is 0 Å². The molecule has 0 saturated heterocycles. The van der Waals surface area contributed by atoms with E-state index in [0.29, 0.717) is 4.77 Å². The van der Waals surface area contributed by atoms with Gasteiger partial charge < -0.3 is 9.99 Å². The van der Waals surface area contributed by atoms with Crippen LogP contribution in [0.15, 0.2) is 0 Å². The minimum Gasteiger partial charge on any atom is -0.326 e. The molecule has 0 aromatic carbocycles. The Hall–Kier alpha value is -1.30. The molecule has 0 unspecified atom stereocenters. The van der Waals surface area contributed by atoms with Crippen molar-refractivity contribution < 1.29 is 0 Å². The van der Waals surface area contributed by atoms with Crippen LogP contribution in [0.1, 0.15) is 12.6 Å². The molecule has 6 heteroatoms. The summed E-state index contributed by atoms with van der Waals surface area (Å²) >= 11 is 5.27. The van der Waals surface area contributed by atoms with Crippen molar-refractivity contribution in [3.8, 4) is 0 Å². The minimum atomic E-state index is 0.706. The molecule has 2 aromatic rings. The van der Waals surface area contributed by atoms with Crippen molar-refractivity contribution >= 4 is 23.4 Å². The Labute approximate surface area is 93.3 Å². The predicted molar refractivity (Wildman–Crippen MR) is 63.4 cm³/mol. The van der Waals surface area contributed by atoms with Gasteiger partial charge in [0.2, 0.25) is 0 Å². The van der Waals surface area contributed by atoms with E-state index in [-0.39, 0.29) is 0 Å². The van der Waals surface area contributed by atoms with Gasteiger partial charge >= 0.3 is 0 Å². The summed E-state index contributed by atoms with van der Waals surface area (Å²) in [6, 6.07) is 0. The standard InChI is InChI=1S/C9H15N5S/c1-5-13-8-7(6(2)11-13)10-9(15)14(8)12(3)4/h5H2,1-4H3,(H,10,15). The zero-order valence-electron chi connectivity index (χ0n) is 9.40. The van der Waals surface area contributed by atoms with Crippen LogP contribution >= 0.6 is 12.2 Å². The average Bonchev–Trinajstić information content (AvgIpc) is 2.63. The van der Waals surface area contributed by atoms with Crippen LogP contribution in [-0.2, 0) is 6.54 Å². The topological polar surface area (TPSA) is 41.8 Å². The number of rotatable bonds is 2. The number of hydrogen-bond donors (Lipinski definition) is 1. The van der Waals surface area contributed by atoms with E-state index < -0.39 is 0 Å². The molecule has 2 rings (SSSR count). The third-order valence-electron chi connectivity index (χ3n) is 2.43. The molecule has 2 heterocycles. The highest BCUT2D eigenvalue weighted by Crippen LogP contribution is 2.17. The minimum absolute atomic E-state index is 0.706. The van der Waals surface area contributed by atoms with Crippen LogP contribution in [0.25, 0.3) is 11.2 Å². The summed E-state index contributed by atoms with van der Waals surface area (Å²) in [6.07, 6.45) is 0. The number of aryl methyl sites for hydroxylation is 2. The first kappa shape index (κ1) is 10.2. The molecule has 0 aliphatic rings. The number of hydrogen-bond acceptors (Lipinski definition) is 3. The highest BCUT2D eigenvalue weighted by molar-refractivity contribution is 7.71. The lowest BCUT2D eigenvalue weighted by molar-refractivity contribution is 0.632. The first-order valence-electron chi connectivity index (χ1n) is 4.92. The van der Waals surface area contributed by atoms with Gasteiger partial charge in [-0.3, -0.25) is 0 Å². The van der Waals surface area contributed by atoms with Crippen LogP contribution in [0.4, 0.5) is 0 Å². The molecular formula is C9H15N5S.